The molecule has 0 aromatic rings. The van der Waals surface area contributed by atoms with E-state index in [0.717, 1.165) is 25.7 Å². The molecule has 1 aliphatic carbocycles. The van der Waals surface area contributed by atoms with Crippen LogP contribution in [-0.2, 0) is 9.53 Å². The summed E-state index contributed by atoms with van der Waals surface area (Å²) in [6.07, 6.45) is 5.03. The van der Waals surface area contributed by atoms with E-state index in [1.54, 1.807) is 0 Å². The molecule has 1 fully saturated rings. The van der Waals surface area contributed by atoms with E-state index < -0.39 is 0 Å². The van der Waals surface area contributed by atoms with Gasteiger partial charge in [0.15, 0.2) is 0 Å². The third-order valence-corrected chi connectivity index (χ3v) is 6.58. The summed E-state index contributed by atoms with van der Waals surface area (Å²) >= 11 is 0. The zero-order valence-corrected chi connectivity index (χ0v) is 19.6. The number of rotatable bonds is 4. The van der Waals surface area contributed by atoms with E-state index in [0.29, 0.717) is 11.8 Å². The van der Waals surface area contributed by atoms with E-state index in [-0.39, 0.29) is 33.7 Å². The van der Waals surface area contributed by atoms with E-state index in [9.17, 15) is 4.79 Å². The molecule has 0 aromatic heterocycles. The number of hydrogen-bond acceptors (Lipinski definition) is 2. The fourth-order valence-corrected chi connectivity index (χ4v) is 4.58. The second-order valence-corrected chi connectivity index (χ2v) is 12.5. The quantitative estimate of drug-likeness (QED) is 0.489. The number of carbonyl (C=O) groups is 1. The van der Waals surface area contributed by atoms with Gasteiger partial charge in [0.1, 0.15) is 6.10 Å². The lowest BCUT2D eigenvalue weighted by Crippen LogP contribution is -2.42. The first-order valence-electron chi connectivity index (χ1n) is 10.7. The van der Waals surface area contributed by atoms with Gasteiger partial charge in [-0.25, -0.2) is 0 Å². The fourth-order valence-electron chi connectivity index (χ4n) is 4.58. The summed E-state index contributed by atoms with van der Waals surface area (Å²) in [5, 5.41) is 0. The maximum absolute atomic E-state index is 13.1. The molecule has 3 unspecified atom stereocenters. The van der Waals surface area contributed by atoms with Crippen molar-refractivity contribution >= 4 is 5.97 Å². The molecule has 2 heteroatoms. The van der Waals surface area contributed by atoms with Gasteiger partial charge in [0.05, 0.1) is 5.41 Å². The topological polar surface area (TPSA) is 26.3 Å². The second kappa shape index (κ2) is 7.84. The normalized spacial score (nSPS) is 27.7. The minimum absolute atomic E-state index is 0.0159. The van der Waals surface area contributed by atoms with Crippen molar-refractivity contribution in [3.8, 4) is 0 Å². The van der Waals surface area contributed by atoms with Crippen LogP contribution in [0.4, 0.5) is 0 Å². The van der Waals surface area contributed by atoms with Crippen LogP contribution < -0.4 is 0 Å². The van der Waals surface area contributed by atoms with E-state index in [4.69, 9.17) is 4.74 Å². The molecule has 1 aliphatic rings. The minimum Gasteiger partial charge on any atom is -0.462 e. The van der Waals surface area contributed by atoms with Gasteiger partial charge in [0.25, 0.3) is 0 Å². The average Bonchev–Trinajstić information content (AvgIpc) is 2.43. The van der Waals surface area contributed by atoms with Crippen molar-refractivity contribution in [1.29, 1.82) is 0 Å². The zero-order valence-electron chi connectivity index (χ0n) is 19.6. The summed E-state index contributed by atoms with van der Waals surface area (Å²) < 4.78 is 6.21. The summed E-state index contributed by atoms with van der Waals surface area (Å²) in [5.41, 5.74) is 0.254. The van der Waals surface area contributed by atoms with Gasteiger partial charge in [-0.05, 0) is 67.1 Å². The predicted molar refractivity (Wildman–Crippen MR) is 112 cm³/mol. The highest BCUT2D eigenvalue weighted by molar-refractivity contribution is 5.76. The van der Waals surface area contributed by atoms with Crippen molar-refractivity contribution < 1.29 is 9.53 Å². The molecule has 0 spiro atoms. The first-order valence-corrected chi connectivity index (χ1v) is 10.7. The number of ether oxygens (including phenoxy) is 1. The maximum Gasteiger partial charge on any atom is 0.312 e. The largest absolute Gasteiger partial charge is 0.462 e. The van der Waals surface area contributed by atoms with Crippen LogP contribution in [0.25, 0.3) is 0 Å². The van der Waals surface area contributed by atoms with Crippen LogP contribution in [0.15, 0.2) is 0 Å². The van der Waals surface area contributed by atoms with E-state index in [1.165, 1.54) is 6.42 Å². The number of hydrogen-bond donors (Lipinski definition) is 0. The van der Waals surface area contributed by atoms with Gasteiger partial charge >= 0.3 is 5.97 Å². The van der Waals surface area contributed by atoms with Crippen molar-refractivity contribution in [3.05, 3.63) is 0 Å². The molecule has 0 radical (unpaired) electrons. The van der Waals surface area contributed by atoms with Crippen molar-refractivity contribution in [2.75, 3.05) is 0 Å². The average molecular weight is 367 g/mol. The summed E-state index contributed by atoms with van der Waals surface area (Å²) in [5.74, 6) is 1.23. The van der Waals surface area contributed by atoms with E-state index in [1.807, 2.05) is 0 Å². The van der Waals surface area contributed by atoms with Crippen LogP contribution >= 0.6 is 0 Å². The molecule has 3 atom stereocenters. The first-order chi connectivity index (χ1) is 11.5. The van der Waals surface area contributed by atoms with Gasteiger partial charge in [-0.2, -0.15) is 0 Å². The molecule has 2 nitrogen and oxygen atoms in total. The maximum atomic E-state index is 13.1. The Kier molecular flexibility index (Phi) is 7.09. The minimum atomic E-state index is -0.385. The number of esters is 1. The lowest BCUT2D eigenvalue weighted by Gasteiger charge is -2.46. The smallest absolute Gasteiger partial charge is 0.312 e. The third-order valence-electron chi connectivity index (χ3n) is 6.58. The molecule has 0 saturated heterocycles. The summed E-state index contributed by atoms with van der Waals surface area (Å²) in [6, 6.07) is 0. The van der Waals surface area contributed by atoms with Gasteiger partial charge in [-0.1, -0.05) is 69.2 Å². The second-order valence-electron chi connectivity index (χ2n) is 12.5. The standard InChI is InChI=1S/C24H46O2/c1-12-24(11,16-21(2,3)4)20(25)26-19-14-17(22(5,6)7)13-18(15-19)23(8,9)10/h17-19H,12-16H2,1-11H3. The molecule has 1 rings (SSSR count). The predicted octanol–water partition coefficient (Wildman–Crippen LogP) is 7.26. The Morgan fingerprint density at radius 3 is 1.54 bits per heavy atom. The van der Waals surface area contributed by atoms with Gasteiger partial charge in [0, 0.05) is 0 Å². The molecular weight excluding hydrogens is 320 g/mol. The highest BCUT2D eigenvalue weighted by atomic mass is 16.5. The van der Waals surface area contributed by atoms with Crippen LogP contribution in [0, 0.1) is 33.5 Å². The molecular formula is C24H46O2. The van der Waals surface area contributed by atoms with Crippen LogP contribution in [0.1, 0.15) is 108 Å². The Bertz CT molecular complexity index is 450. The fraction of sp³-hybridized carbons (Fsp3) is 0.958. The summed E-state index contributed by atoms with van der Waals surface area (Å²) in [4.78, 5) is 13.1. The van der Waals surface area contributed by atoms with Crippen LogP contribution in [0.2, 0.25) is 0 Å². The molecule has 0 bridgehead atoms. The lowest BCUT2D eigenvalue weighted by atomic mass is 9.62. The molecule has 154 valence electrons. The molecule has 0 N–H and O–H groups in total. The van der Waals surface area contributed by atoms with Gasteiger partial charge in [-0.15, -0.1) is 0 Å². The van der Waals surface area contributed by atoms with Crippen molar-refractivity contribution in [2.24, 2.45) is 33.5 Å². The van der Waals surface area contributed by atoms with Gasteiger partial charge in [0.2, 0.25) is 0 Å². The van der Waals surface area contributed by atoms with E-state index in [2.05, 4.69) is 76.2 Å². The van der Waals surface area contributed by atoms with Crippen molar-refractivity contribution in [2.45, 2.75) is 114 Å². The Morgan fingerprint density at radius 1 is 0.808 bits per heavy atom. The third kappa shape index (κ3) is 6.57. The summed E-state index contributed by atoms with van der Waals surface area (Å²) in [7, 11) is 0. The highest BCUT2D eigenvalue weighted by Gasteiger charge is 2.43. The Morgan fingerprint density at radius 2 is 1.23 bits per heavy atom. The molecule has 26 heavy (non-hydrogen) atoms. The molecule has 0 amide bonds. The van der Waals surface area contributed by atoms with Gasteiger partial charge in [-0.3, -0.25) is 4.79 Å². The van der Waals surface area contributed by atoms with Crippen LogP contribution in [0.5, 0.6) is 0 Å². The lowest BCUT2D eigenvalue weighted by molar-refractivity contribution is -0.168. The van der Waals surface area contributed by atoms with E-state index >= 15 is 0 Å². The molecule has 1 saturated carbocycles. The van der Waals surface area contributed by atoms with Crippen LogP contribution in [0.3, 0.4) is 0 Å². The Hall–Kier alpha value is -0.530. The Balaban J connectivity index is 2.96. The molecule has 0 aliphatic heterocycles. The molecule has 0 heterocycles. The SMILES string of the molecule is CCC(C)(CC(C)(C)C)C(=O)OC1CC(C(C)(C)C)CC(C(C)(C)C)C1. The Labute approximate surface area is 163 Å². The summed E-state index contributed by atoms with van der Waals surface area (Å²) in [6.45, 7) is 24.8. The molecule has 0 aromatic carbocycles. The van der Waals surface area contributed by atoms with Crippen molar-refractivity contribution in [3.63, 3.8) is 0 Å². The van der Waals surface area contributed by atoms with Crippen molar-refractivity contribution in [1.82, 2.24) is 0 Å². The highest BCUT2D eigenvalue weighted by Crippen LogP contribution is 2.47. The zero-order chi connectivity index (χ0) is 20.6. The first kappa shape index (κ1) is 23.5. The van der Waals surface area contributed by atoms with Crippen LogP contribution in [-0.4, -0.2) is 12.1 Å². The van der Waals surface area contributed by atoms with Gasteiger partial charge < -0.3 is 4.74 Å². The number of carbonyl (C=O) groups excluding carboxylic acids is 1. The monoisotopic (exact) mass is 366 g/mol.